The third kappa shape index (κ3) is 2.31. The first-order valence-electron chi connectivity index (χ1n) is 3.71. The van der Waals surface area contributed by atoms with Crippen molar-refractivity contribution in [1.29, 1.82) is 0 Å². The number of rotatable bonds is 3. The van der Waals surface area contributed by atoms with Crippen LogP contribution in [0.4, 0.5) is 0 Å². The van der Waals surface area contributed by atoms with Crippen LogP contribution in [0.1, 0.15) is 12.8 Å². The molecule has 0 bridgehead atoms. The zero-order valence-electron chi connectivity index (χ0n) is 6.30. The van der Waals surface area contributed by atoms with Gasteiger partial charge in [0.2, 0.25) is 5.91 Å². The molecule has 1 heterocycles. The third-order valence-electron chi connectivity index (χ3n) is 1.81. The minimum atomic E-state index is 0.0338. The summed E-state index contributed by atoms with van der Waals surface area (Å²) in [5, 5.41) is 2.67. The second-order valence-electron chi connectivity index (χ2n) is 2.82. The van der Waals surface area contributed by atoms with Crippen molar-refractivity contribution >= 4 is 11.7 Å². The number of Topliss-reactive ketones (excluding diaryl/α,β-unsaturated/α-hetero) is 1. The summed E-state index contributed by atoms with van der Waals surface area (Å²) in [5.41, 5.74) is 5.13. The molecule has 1 unspecified atom stereocenters. The second kappa shape index (κ2) is 3.48. The average molecular weight is 156 g/mol. The van der Waals surface area contributed by atoms with Crippen molar-refractivity contribution in [3.63, 3.8) is 0 Å². The van der Waals surface area contributed by atoms with Gasteiger partial charge in [0, 0.05) is 19.4 Å². The molecule has 1 aliphatic rings. The van der Waals surface area contributed by atoms with Gasteiger partial charge in [0.1, 0.15) is 5.78 Å². The van der Waals surface area contributed by atoms with Gasteiger partial charge < -0.3 is 11.1 Å². The molecule has 0 aliphatic carbocycles. The molecule has 1 amide bonds. The lowest BCUT2D eigenvalue weighted by Crippen LogP contribution is -2.19. The van der Waals surface area contributed by atoms with E-state index in [0.717, 1.165) is 0 Å². The molecular weight excluding hydrogens is 144 g/mol. The Kier molecular flexibility index (Phi) is 2.59. The quantitative estimate of drug-likeness (QED) is 0.552. The molecule has 0 saturated carbocycles. The van der Waals surface area contributed by atoms with Gasteiger partial charge in [-0.25, -0.2) is 0 Å². The number of hydrogen-bond acceptors (Lipinski definition) is 3. The molecule has 0 aromatic carbocycles. The second-order valence-corrected chi connectivity index (χ2v) is 2.82. The van der Waals surface area contributed by atoms with Crippen LogP contribution < -0.4 is 11.1 Å². The Morgan fingerprint density at radius 3 is 2.91 bits per heavy atom. The molecule has 0 radical (unpaired) electrons. The van der Waals surface area contributed by atoms with E-state index in [1.54, 1.807) is 0 Å². The van der Waals surface area contributed by atoms with E-state index in [9.17, 15) is 9.59 Å². The largest absolute Gasteiger partial charge is 0.356 e. The summed E-state index contributed by atoms with van der Waals surface area (Å²) in [7, 11) is 0. The van der Waals surface area contributed by atoms with E-state index in [2.05, 4.69) is 5.32 Å². The molecular formula is C7H12N2O2. The molecule has 1 aliphatic heterocycles. The summed E-state index contributed by atoms with van der Waals surface area (Å²) in [6, 6.07) is 0. The first-order valence-corrected chi connectivity index (χ1v) is 3.71. The van der Waals surface area contributed by atoms with Crippen LogP contribution in [0, 0.1) is 5.92 Å². The van der Waals surface area contributed by atoms with Gasteiger partial charge in [-0.2, -0.15) is 0 Å². The smallest absolute Gasteiger partial charge is 0.220 e. The van der Waals surface area contributed by atoms with E-state index in [1.165, 1.54) is 0 Å². The summed E-state index contributed by atoms with van der Waals surface area (Å²) >= 11 is 0. The molecule has 1 rings (SSSR count). The molecule has 1 fully saturated rings. The van der Waals surface area contributed by atoms with Gasteiger partial charge in [-0.3, -0.25) is 9.59 Å². The van der Waals surface area contributed by atoms with Crippen molar-refractivity contribution < 1.29 is 9.59 Å². The van der Waals surface area contributed by atoms with Crippen LogP contribution >= 0.6 is 0 Å². The Hall–Kier alpha value is -0.900. The number of nitrogens with one attached hydrogen (secondary N) is 1. The van der Waals surface area contributed by atoms with Crippen molar-refractivity contribution in [3.8, 4) is 0 Å². The van der Waals surface area contributed by atoms with Crippen LogP contribution in [0.5, 0.6) is 0 Å². The molecule has 0 aromatic rings. The topological polar surface area (TPSA) is 72.2 Å². The highest BCUT2D eigenvalue weighted by Gasteiger charge is 2.22. The predicted octanol–water partition coefficient (Wildman–Crippen LogP) is -0.960. The number of carbonyl (C=O) groups excluding carboxylic acids is 2. The lowest BCUT2D eigenvalue weighted by atomic mass is 10.0. The highest BCUT2D eigenvalue weighted by molar-refractivity contribution is 5.83. The van der Waals surface area contributed by atoms with Crippen molar-refractivity contribution in [2.24, 2.45) is 11.7 Å². The zero-order chi connectivity index (χ0) is 8.27. The number of carbonyl (C=O) groups is 2. The Morgan fingerprint density at radius 2 is 2.45 bits per heavy atom. The zero-order valence-corrected chi connectivity index (χ0v) is 6.30. The van der Waals surface area contributed by atoms with E-state index in [1.807, 2.05) is 0 Å². The minimum Gasteiger partial charge on any atom is -0.356 e. The molecule has 1 saturated heterocycles. The summed E-state index contributed by atoms with van der Waals surface area (Å²) in [4.78, 5) is 21.5. The lowest BCUT2D eigenvalue weighted by molar-refractivity contribution is -0.119. The maximum atomic E-state index is 10.8. The van der Waals surface area contributed by atoms with Crippen LogP contribution in [0.2, 0.25) is 0 Å². The molecule has 4 nitrogen and oxygen atoms in total. The summed E-state index contributed by atoms with van der Waals surface area (Å²) in [6.45, 7) is 0.718. The van der Waals surface area contributed by atoms with Crippen molar-refractivity contribution in [2.75, 3.05) is 13.1 Å². The first kappa shape index (κ1) is 8.20. The minimum absolute atomic E-state index is 0.0338. The van der Waals surface area contributed by atoms with Gasteiger partial charge >= 0.3 is 0 Å². The fourth-order valence-corrected chi connectivity index (χ4v) is 1.21. The number of amides is 1. The summed E-state index contributed by atoms with van der Waals surface area (Å²) in [5.74, 6) is 0.255. The van der Waals surface area contributed by atoms with E-state index in [0.29, 0.717) is 19.4 Å². The van der Waals surface area contributed by atoms with Gasteiger partial charge in [0.15, 0.2) is 0 Å². The van der Waals surface area contributed by atoms with Crippen LogP contribution in [0.3, 0.4) is 0 Å². The number of hydrogen-bond donors (Lipinski definition) is 2. The van der Waals surface area contributed by atoms with Gasteiger partial charge in [-0.1, -0.05) is 0 Å². The van der Waals surface area contributed by atoms with Crippen LogP contribution in [0.25, 0.3) is 0 Å². The van der Waals surface area contributed by atoms with Gasteiger partial charge in [-0.15, -0.1) is 0 Å². The monoisotopic (exact) mass is 156 g/mol. The average Bonchev–Trinajstić information content (AvgIpc) is 2.35. The molecule has 0 spiro atoms. The van der Waals surface area contributed by atoms with E-state index < -0.39 is 0 Å². The highest BCUT2D eigenvalue weighted by atomic mass is 16.2. The summed E-state index contributed by atoms with van der Waals surface area (Å²) < 4.78 is 0. The van der Waals surface area contributed by atoms with Crippen LogP contribution in [-0.4, -0.2) is 24.8 Å². The number of ketones is 1. The molecule has 62 valence electrons. The Morgan fingerprint density at radius 1 is 1.73 bits per heavy atom. The van der Waals surface area contributed by atoms with Crippen molar-refractivity contribution in [3.05, 3.63) is 0 Å². The van der Waals surface area contributed by atoms with E-state index in [4.69, 9.17) is 5.73 Å². The predicted molar refractivity (Wildman–Crippen MR) is 39.8 cm³/mol. The van der Waals surface area contributed by atoms with E-state index in [-0.39, 0.29) is 24.2 Å². The third-order valence-corrected chi connectivity index (χ3v) is 1.81. The standard InChI is InChI=1S/C7H12N2O2/c8-3-6(10)1-5-2-7(11)9-4-5/h5H,1-4,8H2,(H,9,11). The van der Waals surface area contributed by atoms with E-state index >= 15 is 0 Å². The molecule has 4 heteroatoms. The van der Waals surface area contributed by atoms with Crippen molar-refractivity contribution in [2.45, 2.75) is 12.8 Å². The maximum Gasteiger partial charge on any atom is 0.220 e. The Labute approximate surface area is 65.1 Å². The normalized spacial score (nSPS) is 23.4. The molecule has 1 atom stereocenters. The number of nitrogens with two attached hydrogens (primary N) is 1. The van der Waals surface area contributed by atoms with Crippen LogP contribution in [0.15, 0.2) is 0 Å². The molecule has 3 N–H and O–H groups in total. The Balaban J connectivity index is 2.28. The summed E-state index contributed by atoms with van der Waals surface area (Å²) in [6.07, 6.45) is 0.918. The fraction of sp³-hybridized carbons (Fsp3) is 0.714. The molecule has 11 heavy (non-hydrogen) atoms. The molecule has 0 aromatic heterocycles. The lowest BCUT2D eigenvalue weighted by Gasteiger charge is -2.02. The van der Waals surface area contributed by atoms with Crippen molar-refractivity contribution in [1.82, 2.24) is 5.32 Å². The highest BCUT2D eigenvalue weighted by Crippen LogP contribution is 2.12. The van der Waals surface area contributed by atoms with Crippen LogP contribution in [-0.2, 0) is 9.59 Å². The van der Waals surface area contributed by atoms with Gasteiger partial charge in [0.05, 0.1) is 6.54 Å². The van der Waals surface area contributed by atoms with Gasteiger partial charge in [-0.05, 0) is 5.92 Å². The maximum absolute atomic E-state index is 10.8. The van der Waals surface area contributed by atoms with Gasteiger partial charge in [0.25, 0.3) is 0 Å². The first-order chi connectivity index (χ1) is 5.22. The SMILES string of the molecule is NCC(=O)CC1CNC(=O)C1. The Bertz CT molecular complexity index is 179. The fourth-order valence-electron chi connectivity index (χ4n) is 1.21.